The normalized spacial score (nSPS) is 11.4. The van der Waals surface area contributed by atoms with Gasteiger partial charge in [0.15, 0.2) is 0 Å². The minimum Gasteiger partial charge on any atom is -0.496 e. The number of rotatable bonds is 4. The average molecular weight is 231 g/mol. The zero-order chi connectivity index (χ0) is 12.8. The van der Waals surface area contributed by atoms with Gasteiger partial charge in [-0.25, -0.2) is 0 Å². The van der Waals surface area contributed by atoms with E-state index in [1.807, 2.05) is 19.9 Å². The van der Waals surface area contributed by atoms with Gasteiger partial charge in [-0.05, 0) is 31.5 Å². The van der Waals surface area contributed by atoms with Crippen LogP contribution in [0.25, 0.3) is 0 Å². The van der Waals surface area contributed by atoms with Crippen LogP contribution in [0.15, 0.2) is 18.2 Å². The van der Waals surface area contributed by atoms with E-state index >= 15 is 0 Å². The molecule has 1 aromatic rings. The lowest BCUT2D eigenvalue weighted by Gasteiger charge is -2.12. The standard InChI is InChI=1S/C14H17NO2/c1-5-6-11(3)15-14(16)12-8-7-10(2)13(9-12)17-4/h1,7-9,11H,6H2,2-4H3,(H,15,16). The molecule has 0 aliphatic heterocycles. The Morgan fingerprint density at radius 1 is 1.59 bits per heavy atom. The highest BCUT2D eigenvalue weighted by molar-refractivity contribution is 5.94. The highest BCUT2D eigenvalue weighted by Gasteiger charge is 2.10. The third kappa shape index (κ3) is 3.53. The summed E-state index contributed by atoms with van der Waals surface area (Å²) in [6.07, 6.45) is 5.71. The lowest BCUT2D eigenvalue weighted by atomic mass is 10.1. The minimum atomic E-state index is -0.133. The van der Waals surface area contributed by atoms with Crippen LogP contribution in [-0.4, -0.2) is 19.1 Å². The lowest BCUT2D eigenvalue weighted by Crippen LogP contribution is -2.32. The van der Waals surface area contributed by atoms with Crippen molar-refractivity contribution < 1.29 is 9.53 Å². The Hall–Kier alpha value is -1.95. The topological polar surface area (TPSA) is 38.3 Å². The van der Waals surface area contributed by atoms with E-state index in [1.54, 1.807) is 19.2 Å². The van der Waals surface area contributed by atoms with Gasteiger partial charge in [-0.3, -0.25) is 4.79 Å². The van der Waals surface area contributed by atoms with Crippen molar-refractivity contribution in [2.75, 3.05) is 7.11 Å². The first-order valence-electron chi connectivity index (χ1n) is 5.47. The highest BCUT2D eigenvalue weighted by atomic mass is 16.5. The van der Waals surface area contributed by atoms with Crippen LogP contribution in [0.4, 0.5) is 0 Å². The molecule has 90 valence electrons. The molecular weight excluding hydrogens is 214 g/mol. The summed E-state index contributed by atoms with van der Waals surface area (Å²) < 4.78 is 5.18. The predicted molar refractivity (Wildman–Crippen MR) is 68.1 cm³/mol. The molecule has 0 spiro atoms. The van der Waals surface area contributed by atoms with E-state index in [9.17, 15) is 4.79 Å². The second-order valence-corrected chi connectivity index (χ2v) is 3.97. The van der Waals surface area contributed by atoms with Crippen LogP contribution >= 0.6 is 0 Å². The first-order valence-corrected chi connectivity index (χ1v) is 5.47. The van der Waals surface area contributed by atoms with E-state index in [0.29, 0.717) is 17.7 Å². The molecule has 0 aliphatic carbocycles. The van der Waals surface area contributed by atoms with Crippen LogP contribution in [-0.2, 0) is 0 Å². The molecular formula is C14H17NO2. The molecule has 3 nitrogen and oxygen atoms in total. The Kier molecular flexibility index (Phi) is 4.59. The number of hydrogen-bond acceptors (Lipinski definition) is 2. The molecule has 1 rings (SSSR count). The van der Waals surface area contributed by atoms with Crippen molar-refractivity contribution in [1.29, 1.82) is 0 Å². The molecule has 17 heavy (non-hydrogen) atoms. The molecule has 3 heteroatoms. The van der Waals surface area contributed by atoms with Crippen LogP contribution < -0.4 is 10.1 Å². The number of hydrogen-bond donors (Lipinski definition) is 1. The SMILES string of the molecule is C#CCC(C)NC(=O)c1ccc(C)c(OC)c1. The van der Waals surface area contributed by atoms with Crippen molar-refractivity contribution in [1.82, 2.24) is 5.32 Å². The van der Waals surface area contributed by atoms with Crippen LogP contribution in [0.5, 0.6) is 5.75 Å². The van der Waals surface area contributed by atoms with Gasteiger partial charge in [0.05, 0.1) is 7.11 Å². The molecule has 1 amide bonds. The quantitative estimate of drug-likeness (QED) is 0.806. The van der Waals surface area contributed by atoms with E-state index in [2.05, 4.69) is 11.2 Å². The first kappa shape index (κ1) is 13.1. The number of terminal acetylenes is 1. The second kappa shape index (κ2) is 5.95. The maximum absolute atomic E-state index is 11.9. The van der Waals surface area contributed by atoms with E-state index in [4.69, 9.17) is 11.2 Å². The zero-order valence-corrected chi connectivity index (χ0v) is 10.4. The van der Waals surface area contributed by atoms with Gasteiger partial charge in [0.2, 0.25) is 0 Å². The Morgan fingerprint density at radius 2 is 2.29 bits per heavy atom. The number of benzene rings is 1. The average Bonchev–Trinajstić information content (AvgIpc) is 2.29. The number of carbonyl (C=O) groups is 1. The number of ether oxygens (including phenoxy) is 1. The van der Waals surface area contributed by atoms with E-state index in [-0.39, 0.29) is 11.9 Å². The molecule has 1 aromatic carbocycles. The van der Waals surface area contributed by atoms with Crippen molar-refractivity contribution in [3.05, 3.63) is 29.3 Å². The van der Waals surface area contributed by atoms with Gasteiger partial charge < -0.3 is 10.1 Å². The summed E-state index contributed by atoms with van der Waals surface area (Å²) in [6, 6.07) is 5.34. The van der Waals surface area contributed by atoms with E-state index in [1.165, 1.54) is 0 Å². The molecule has 0 saturated heterocycles. The smallest absolute Gasteiger partial charge is 0.251 e. The molecule has 1 unspecified atom stereocenters. The number of carbonyl (C=O) groups excluding carboxylic acids is 1. The van der Waals surface area contributed by atoms with Crippen LogP contribution in [0.3, 0.4) is 0 Å². The predicted octanol–water partition coefficient (Wildman–Crippen LogP) is 2.15. The van der Waals surface area contributed by atoms with Gasteiger partial charge >= 0.3 is 0 Å². The van der Waals surface area contributed by atoms with Gasteiger partial charge in [-0.1, -0.05) is 6.07 Å². The summed E-state index contributed by atoms with van der Waals surface area (Å²) >= 11 is 0. The molecule has 0 bridgehead atoms. The number of aryl methyl sites for hydroxylation is 1. The second-order valence-electron chi connectivity index (χ2n) is 3.97. The third-order valence-corrected chi connectivity index (χ3v) is 2.47. The van der Waals surface area contributed by atoms with Gasteiger partial charge in [-0.2, -0.15) is 0 Å². The van der Waals surface area contributed by atoms with Crippen LogP contribution in [0.1, 0.15) is 29.3 Å². The summed E-state index contributed by atoms with van der Waals surface area (Å²) in [5, 5.41) is 2.83. The fourth-order valence-corrected chi connectivity index (χ4v) is 1.50. The molecule has 1 atom stereocenters. The van der Waals surface area contributed by atoms with Gasteiger partial charge in [-0.15, -0.1) is 12.3 Å². The lowest BCUT2D eigenvalue weighted by molar-refractivity contribution is 0.0940. The fraction of sp³-hybridized carbons (Fsp3) is 0.357. The molecule has 0 radical (unpaired) electrons. The third-order valence-electron chi connectivity index (χ3n) is 2.47. The minimum absolute atomic E-state index is 0.0280. The van der Waals surface area contributed by atoms with Crippen LogP contribution in [0, 0.1) is 19.3 Å². The van der Waals surface area contributed by atoms with Gasteiger partial charge in [0, 0.05) is 18.0 Å². The largest absolute Gasteiger partial charge is 0.496 e. The van der Waals surface area contributed by atoms with E-state index in [0.717, 1.165) is 5.56 Å². The van der Waals surface area contributed by atoms with Crippen molar-refractivity contribution >= 4 is 5.91 Å². The van der Waals surface area contributed by atoms with Crippen molar-refractivity contribution in [3.63, 3.8) is 0 Å². The van der Waals surface area contributed by atoms with Crippen molar-refractivity contribution in [2.45, 2.75) is 26.3 Å². The zero-order valence-electron chi connectivity index (χ0n) is 10.4. The number of amides is 1. The van der Waals surface area contributed by atoms with Gasteiger partial charge in [0.25, 0.3) is 5.91 Å². The molecule has 1 N–H and O–H groups in total. The summed E-state index contributed by atoms with van der Waals surface area (Å²) in [5.41, 5.74) is 1.58. The molecule has 0 aliphatic rings. The number of methoxy groups -OCH3 is 1. The van der Waals surface area contributed by atoms with Crippen LogP contribution in [0.2, 0.25) is 0 Å². The molecule has 0 saturated carbocycles. The molecule has 0 aromatic heterocycles. The monoisotopic (exact) mass is 231 g/mol. The van der Waals surface area contributed by atoms with Crippen molar-refractivity contribution in [3.8, 4) is 18.1 Å². The molecule has 0 fully saturated rings. The maximum atomic E-state index is 11.9. The Bertz CT molecular complexity index is 446. The molecule has 0 heterocycles. The Morgan fingerprint density at radius 3 is 2.88 bits per heavy atom. The van der Waals surface area contributed by atoms with Gasteiger partial charge in [0.1, 0.15) is 5.75 Å². The Balaban J connectivity index is 2.79. The first-order chi connectivity index (χ1) is 8.08. The maximum Gasteiger partial charge on any atom is 0.251 e. The van der Waals surface area contributed by atoms with Crippen molar-refractivity contribution in [2.24, 2.45) is 0 Å². The summed E-state index contributed by atoms with van der Waals surface area (Å²) in [4.78, 5) is 11.9. The highest BCUT2D eigenvalue weighted by Crippen LogP contribution is 2.18. The number of nitrogens with one attached hydrogen (secondary N) is 1. The Labute approximate surface area is 102 Å². The summed E-state index contributed by atoms with van der Waals surface area (Å²) in [5.74, 6) is 3.09. The summed E-state index contributed by atoms with van der Waals surface area (Å²) in [6.45, 7) is 3.81. The fourth-order valence-electron chi connectivity index (χ4n) is 1.50. The summed E-state index contributed by atoms with van der Waals surface area (Å²) in [7, 11) is 1.59. The van der Waals surface area contributed by atoms with E-state index < -0.39 is 0 Å².